The van der Waals surface area contributed by atoms with Crippen LogP contribution in [0.25, 0.3) is 10.9 Å². The maximum Gasteiger partial charge on any atom is 0.256 e. The number of amides is 1. The Morgan fingerprint density at radius 1 is 1.24 bits per heavy atom. The number of piperidine rings is 1. The lowest BCUT2D eigenvalue weighted by molar-refractivity contribution is 0.0707. The minimum atomic E-state index is 0.113. The number of rotatable bonds is 2. The molecule has 1 fully saturated rings. The molecule has 0 spiro atoms. The number of aryl methyl sites for hydroxylation is 2. The number of fused-ring (bicyclic) bond motifs is 1. The predicted molar refractivity (Wildman–Crippen MR) is 97.6 cm³/mol. The highest BCUT2D eigenvalue weighted by atomic mass is 16.2. The second kappa shape index (κ2) is 6.31. The fourth-order valence-electron chi connectivity index (χ4n) is 3.77. The van der Waals surface area contributed by atoms with Gasteiger partial charge >= 0.3 is 0 Å². The first-order valence-corrected chi connectivity index (χ1v) is 8.75. The number of likely N-dealkylation sites (tertiary alicyclic amines) is 1. The van der Waals surface area contributed by atoms with Gasteiger partial charge in [0, 0.05) is 55.5 Å². The third-order valence-electron chi connectivity index (χ3n) is 5.03. The van der Waals surface area contributed by atoms with Gasteiger partial charge < -0.3 is 9.47 Å². The third kappa shape index (κ3) is 2.90. The summed E-state index contributed by atoms with van der Waals surface area (Å²) in [5, 5.41) is 1.02. The molecule has 25 heavy (non-hydrogen) atoms. The summed E-state index contributed by atoms with van der Waals surface area (Å²) in [6.45, 7) is 3.47. The molecule has 1 aromatic carbocycles. The molecule has 5 heteroatoms. The standard InChI is InChI=1S/C20H22N4O/c1-14-10-21-11-18(22-14)15-6-5-9-24(12-15)20(25)17-13-23(2)19-8-4-3-7-16(17)19/h3-4,7-8,10-11,13,15H,5-6,9,12H2,1-2H3. The quantitative estimate of drug-likeness (QED) is 0.722. The van der Waals surface area contributed by atoms with Gasteiger partial charge in [-0.3, -0.25) is 14.8 Å². The lowest BCUT2D eigenvalue weighted by Gasteiger charge is -2.32. The Labute approximate surface area is 147 Å². The van der Waals surface area contributed by atoms with Crippen molar-refractivity contribution in [1.29, 1.82) is 0 Å². The molecule has 0 radical (unpaired) electrons. The van der Waals surface area contributed by atoms with Crippen molar-refractivity contribution in [3.05, 3.63) is 59.8 Å². The zero-order valence-corrected chi connectivity index (χ0v) is 14.6. The van der Waals surface area contributed by atoms with Crippen LogP contribution < -0.4 is 0 Å². The van der Waals surface area contributed by atoms with Crippen LogP contribution in [0.2, 0.25) is 0 Å². The smallest absolute Gasteiger partial charge is 0.256 e. The molecule has 3 aromatic rings. The summed E-state index contributed by atoms with van der Waals surface area (Å²) in [6.07, 6.45) is 7.60. The Morgan fingerprint density at radius 3 is 2.92 bits per heavy atom. The SMILES string of the molecule is Cc1cncc(C2CCCN(C(=O)c3cn(C)c4ccccc34)C2)n1. The molecule has 0 aliphatic carbocycles. The Balaban J connectivity index is 1.61. The molecule has 3 heterocycles. The first kappa shape index (κ1) is 15.8. The van der Waals surface area contributed by atoms with Gasteiger partial charge in [-0.2, -0.15) is 0 Å². The molecule has 1 unspecified atom stereocenters. The summed E-state index contributed by atoms with van der Waals surface area (Å²) < 4.78 is 2.02. The molecule has 2 aromatic heterocycles. The van der Waals surface area contributed by atoms with Gasteiger partial charge in [0.2, 0.25) is 0 Å². The fourth-order valence-corrected chi connectivity index (χ4v) is 3.77. The number of nitrogens with zero attached hydrogens (tertiary/aromatic N) is 4. The van der Waals surface area contributed by atoms with Gasteiger partial charge in [-0.1, -0.05) is 18.2 Å². The van der Waals surface area contributed by atoms with E-state index in [1.54, 1.807) is 6.20 Å². The van der Waals surface area contributed by atoms with Crippen molar-refractivity contribution in [2.45, 2.75) is 25.7 Å². The number of benzene rings is 1. The lowest BCUT2D eigenvalue weighted by atomic mass is 9.94. The van der Waals surface area contributed by atoms with E-state index < -0.39 is 0 Å². The highest BCUT2D eigenvalue weighted by molar-refractivity contribution is 6.07. The molecule has 4 rings (SSSR count). The molecule has 0 saturated carbocycles. The van der Waals surface area contributed by atoms with Crippen molar-refractivity contribution in [3.8, 4) is 0 Å². The predicted octanol–water partition coefficient (Wildman–Crippen LogP) is 3.30. The molecule has 1 amide bonds. The monoisotopic (exact) mass is 334 g/mol. The van der Waals surface area contributed by atoms with Gasteiger partial charge in [0.1, 0.15) is 0 Å². The topological polar surface area (TPSA) is 51.0 Å². The van der Waals surface area contributed by atoms with Gasteiger partial charge in [0.05, 0.1) is 17.0 Å². The minimum absolute atomic E-state index is 0.113. The van der Waals surface area contributed by atoms with Gasteiger partial charge in [0.15, 0.2) is 0 Å². The van der Waals surface area contributed by atoms with Crippen LogP contribution in [0.5, 0.6) is 0 Å². The fraction of sp³-hybridized carbons (Fsp3) is 0.350. The Hall–Kier alpha value is -2.69. The number of para-hydroxylation sites is 1. The van der Waals surface area contributed by atoms with E-state index in [9.17, 15) is 4.79 Å². The first-order valence-electron chi connectivity index (χ1n) is 8.75. The van der Waals surface area contributed by atoms with Crippen molar-refractivity contribution in [3.63, 3.8) is 0 Å². The van der Waals surface area contributed by atoms with E-state index in [4.69, 9.17) is 0 Å². The van der Waals surface area contributed by atoms with Gasteiger partial charge in [0.25, 0.3) is 5.91 Å². The first-order chi connectivity index (χ1) is 12.1. The molecule has 0 bridgehead atoms. The molecular weight excluding hydrogens is 312 g/mol. The van der Waals surface area contributed by atoms with Crippen molar-refractivity contribution < 1.29 is 4.79 Å². The van der Waals surface area contributed by atoms with Crippen LogP contribution in [0, 0.1) is 6.92 Å². The molecule has 1 atom stereocenters. The maximum absolute atomic E-state index is 13.1. The van der Waals surface area contributed by atoms with Gasteiger partial charge in [-0.15, -0.1) is 0 Å². The summed E-state index contributed by atoms with van der Waals surface area (Å²) in [6, 6.07) is 8.06. The number of hydrogen-bond donors (Lipinski definition) is 0. The van der Waals surface area contributed by atoms with E-state index in [2.05, 4.69) is 9.97 Å². The van der Waals surface area contributed by atoms with Crippen LogP contribution in [0.1, 0.15) is 40.5 Å². The number of aromatic nitrogens is 3. The van der Waals surface area contributed by atoms with Crippen molar-refractivity contribution >= 4 is 16.8 Å². The Kier molecular flexibility index (Phi) is 3.99. The number of carbonyl (C=O) groups excluding carboxylic acids is 1. The number of carbonyl (C=O) groups is 1. The normalized spacial score (nSPS) is 17.8. The van der Waals surface area contributed by atoms with Crippen LogP contribution >= 0.6 is 0 Å². The van der Waals surface area contributed by atoms with E-state index in [0.29, 0.717) is 6.54 Å². The second-order valence-electron chi connectivity index (χ2n) is 6.85. The van der Waals surface area contributed by atoms with Crippen molar-refractivity contribution in [2.24, 2.45) is 7.05 Å². The summed E-state index contributed by atoms with van der Waals surface area (Å²) in [5.74, 6) is 0.377. The third-order valence-corrected chi connectivity index (χ3v) is 5.03. The van der Waals surface area contributed by atoms with Gasteiger partial charge in [-0.05, 0) is 25.8 Å². The summed E-state index contributed by atoms with van der Waals surface area (Å²) in [4.78, 5) is 24.0. The van der Waals surface area contributed by atoms with Crippen LogP contribution in [-0.4, -0.2) is 38.4 Å². The van der Waals surface area contributed by atoms with Crippen LogP contribution in [0.3, 0.4) is 0 Å². The molecule has 1 aliphatic heterocycles. The Bertz CT molecular complexity index is 930. The van der Waals surface area contributed by atoms with Crippen LogP contribution in [0.15, 0.2) is 42.9 Å². The molecule has 5 nitrogen and oxygen atoms in total. The van der Waals surface area contributed by atoms with E-state index in [1.807, 2.05) is 60.1 Å². The van der Waals surface area contributed by atoms with Gasteiger partial charge in [-0.25, -0.2) is 0 Å². The highest BCUT2D eigenvalue weighted by Gasteiger charge is 2.28. The van der Waals surface area contributed by atoms with Crippen molar-refractivity contribution in [1.82, 2.24) is 19.4 Å². The van der Waals surface area contributed by atoms with E-state index in [0.717, 1.165) is 47.2 Å². The zero-order chi connectivity index (χ0) is 17.4. The largest absolute Gasteiger partial charge is 0.350 e. The van der Waals surface area contributed by atoms with E-state index in [-0.39, 0.29) is 11.8 Å². The zero-order valence-electron chi connectivity index (χ0n) is 14.6. The lowest BCUT2D eigenvalue weighted by Crippen LogP contribution is -2.39. The van der Waals surface area contributed by atoms with E-state index >= 15 is 0 Å². The Morgan fingerprint density at radius 2 is 2.08 bits per heavy atom. The minimum Gasteiger partial charge on any atom is -0.350 e. The summed E-state index contributed by atoms with van der Waals surface area (Å²) in [7, 11) is 1.99. The molecule has 0 N–H and O–H groups in total. The maximum atomic E-state index is 13.1. The molecule has 128 valence electrons. The van der Waals surface area contributed by atoms with Crippen LogP contribution in [0.4, 0.5) is 0 Å². The average molecular weight is 334 g/mol. The highest BCUT2D eigenvalue weighted by Crippen LogP contribution is 2.28. The van der Waals surface area contributed by atoms with Crippen molar-refractivity contribution in [2.75, 3.05) is 13.1 Å². The van der Waals surface area contributed by atoms with E-state index in [1.165, 1.54) is 0 Å². The van der Waals surface area contributed by atoms with Crippen LogP contribution in [-0.2, 0) is 7.05 Å². The number of hydrogen-bond acceptors (Lipinski definition) is 3. The molecule has 1 saturated heterocycles. The molecular formula is C20H22N4O. The summed E-state index contributed by atoms with van der Waals surface area (Å²) >= 11 is 0. The second-order valence-corrected chi connectivity index (χ2v) is 6.85. The summed E-state index contributed by atoms with van der Waals surface area (Å²) in [5.41, 5.74) is 3.79. The average Bonchev–Trinajstić information content (AvgIpc) is 2.98. The molecule has 1 aliphatic rings.